The van der Waals surface area contributed by atoms with Gasteiger partial charge in [-0.05, 0) is 31.6 Å². The average Bonchev–Trinajstić information content (AvgIpc) is 2.44. The van der Waals surface area contributed by atoms with Crippen LogP contribution in [-0.2, 0) is 4.79 Å². The van der Waals surface area contributed by atoms with Gasteiger partial charge < -0.3 is 11.1 Å². The number of carbonyl (C=O) groups is 1. The molecule has 0 aliphatic heterocycles. The van der Waals surface area contributed by atoms with Crippen LogP contribution in [0.15, 0.2) is 0 Å². The highest BCUT2D eigenvalue weighted by Gasteiger charge is 2.27. The molecule has 0 aromatic rings. The summed E-state index contributed by atoms with van der Waals surface area (Å²) < 4.78 is 0. The summed E-state index contributed by atoms with van der Waals surface area (Å²) in [6, 6.07) is 0.691. The van der Waals surface area contributed by atoms with Crippen LogP contribution in [0.1, 0.15) is 57.8 Å². The second kappa shape index (κ2) is 5.67. The molecule has 0 unspecified atom stereocenters. The van der Waals surface area contributed by atoms with E-state index in [1.165, 1.54) is 38.5 Å². The summed E-state index contributed by atoms with van der Waals surface area (Å²) in [5, 5.41) is 3.10. The van der Waals surface area contributed by atoms with Gasteiger partial charge in [0, 0.05) is 18.5 Å². The Hall–Kier alpha value is -0.570. The zero-order valence-corrected chi connectivity index (χ0v) is 10.1. The summed E-state index contributed by atoms with van der Waals surface area (Å²) in [5.41, 5.74) is 5.70. The van der Waals surface area contributed by atoms with E-state index in [0.717, 1.165) is 19.3 Å². The molecule has 92 valence electrons. The van der Waals surface area contributed by atoms with Gasteiger partial charge in [0.1, 0.15) is 0 Å². The lowest BCUT2D eigenvalue weighted by Gasteiger charge is -2.33. The van der Waals surface area contributed by atoms with E-state index in [0.29, 0.717) is 18.0 Å². The van der Waals surface area contributed by atoms with Crippen LogP contribution in [0.25, 0.3) is 0 Å². The molecule has 0 bridgehead atoms. The molecule has 1 amide bonds. The first-order valence-corrected chi connectivity index (χ1v) is 6.79. The minimum Gasteiger partial charge on any atom is -0.353 e. The molecule has 0 heterocycles. The number of hydrogen-bond acceptors (Lipinski definition) is 2. The second-order valence-electron chi connectivity index (χ2n) is 5.56. The predicted molar refractivity (Wildman–Crippen MR) is 64.9 cm³/mol. The molecule has 0 saturated heterocycles. The largest absolute Gasteiger partial charge is 0.353 e. The minimum absolute atomic E-state index is 0.254. The molecule has 2 fully saturated rings. The molecule has 2 saturated carbocycles. The van der Waals surface area contributed by atoms with E-state index in [1.807, 2.05) is 0 Å². The van der Waals surface area contributed by atoms with Crippen LogP contribution in [-0.4, -0.2) is 18.0 Å². The standard InChI is InChI=1S/C13H24N2O/c14-11-8-12(9-11)15-13(16)7-10-5-3-1-2-4-6-10/h10-12H,1-9,14H2,(H,15,16). The number of nitrogens with two attached hydrogens (primary N) is 1. The van der Waals surface area contributed by atoms with Crippen LogP contribution in [0.4, 0.5) is 0 Å². The Kier molecular flexibility index (Phi) is 4.22. The highest BCUT2D eigenvalue weighted by atomic mass is 16.1. The van der Waals surface area contributed by atoms with Crippen molar-refractivity contribution in [2.45, 2.75) is 69.9 Å². The summed E-state index contributed by atoms with van der Waals surface area (Å²) in [6.07, 6.45) is 10.5. The molecule has 0 aromatic heterocycles. The molecule has 2 aliphatic carbocycles. The average molecular weight is 224 g/mol. The lowest BCUT2D eigenvalue weighted by Crippen LogP contribution is -2.50. The lowest BCUT2D eigenvalue weighted by molar-refractivity contribution is -0.123. The molecule has 0 radical (unpaired) electrons. The minimum atomic E-state index is 0.254. The molecule has 0 atom stereocenters. The fourth-order valence-electron chi connectivity index (χ4n) is 2.90. The van der Waals surface area contributed by atoms with E-state index in [2.05, 4.69) is 5.32 Å². The summed E-state index contributed by atoms with van der Waals surface area (Å²) >= 11 is 0. The monoisotopic (exact) mass is 224 g/mol. The Morgan fingerprint density at radius 1 is 1.12 bits per heavy atom. The molecule has 3 heteroatoms. The van der Waals surface area contributed by atoms with Gasteiger partial charge in [-0.3, -0.25) is 4.79 Å². The van der Waals surface area contributed by atoms with Crippen molar-refractivity contribution >= 4 is 5.91 Å². The van der Waals surface area contributed by atoms with Crippen molar-refractivity contribution in [3.63, 3.8) is 0 Å². The molecule has 2 aliphatic rings. The van der Waals surface area contributed by atoms with E-state index < -0.39 is 0 Å². The number of rotatable bonds is 3. The Labute approximate surface area is 98.2 Å². The molecule has 16 heavy (non-hydrogen) atoms. The van der Waals surface area contributed by atoms with Gasteiger partial charge in [-0.1, -0.05) is 25.7 Å². The van der Waals surface area contributed by atoms with Crippen LogP contribution in [0.3, 0.4) is 0 Å². The third-order valence-electron chi connectivity index (χ3n) is 3.99. The molecule has 0 aromatic carbocycles. The highest BCUT2D eigenvalue weighted by Crippen LogP contribution is 2.25. The fourth-order valence-corrected chi connectivity index (χ4v) is 2.90. The Balaban J connectivity index is 1.65. The molecular formula is C13H24N2O. The highest BCUT2D eigenvalue weighted by molar-refractivity contribution is 5.76. The molecular weight excluding hydrogens is 200 g/mol. The summed E-state index contributed by atoms with van der Waals surface area (Å²) in [4.78, 5) is 11.8. The van der Waals surface area contributed by atoms with E-state index >= 15 is 0 Å². The number of nitrogens with one attached hydrogen (secondary N) is 1. The normalized spacial score (nSPS) is 31.6. The van der Waals surface area contributed by atoms with Crippen molar-refractivity contribution in [3.05, 3.63) is 0 Å². The number of carbonyl (C=O) groups excluding carboxylic acids is 1. The fraction of sp³-hybridized carbons (Fsp3) is 0.923. The van der Waals surface area contributed by atoms with Crippen LogP contribution in [0.5, 0.6) is 0 Å². The van der Waals surface area contributed by atoms with E-state index in [4.69, 9.17) is 5.73 Å². The van der Waals surface area contributed by atoms with Gasteiger partial charge >= 0.3 is 0 Å². The first kappa shape index (κ1) is 11.9. The Bertz CT molecular complexity index is 228. The maximum absolute atomic E-state index is 11.8. The van der Waals surface area contributed by atoms with Crippen molar-refractivity contribution < 1.29 is 4.79 Å². The topological polar surface area (TPSA) is 55.1 Å². The van der Waals surface area contributed by atoms with Crippen molar-refractivity contribution in [1.82, 2.24) is 5.32 Å². The zero-order chi connectivity index (χ0) is 11.4. The smallest absolute Gasteiger partial charge is 0.220 e. The van der Waals surface area contributed by atoms with Crippen LogP contribution >= 0.6 is 0 Å². The van der Waals surface area contributed by atoms with Crippen molar-refractivity contribution in [2.75, 3.05) is 0 Å². The number of amides is 1. The summed E-state index contributed by atoms with van der Waals surface area (Å²) in [6.45, 7) is 0. The number of hydrogen-bond donors (Lipinski definition) is 2. The van der Waals surface area contributed by atoms with Gasteiger partial charge in [-0.2, -0.15) is 0 Å². The summed E-state index contributed by atoms with van der Waals surface area (Å²) in [7, 11) is 0. The molecule has 0 spiro atoms. The van der Waals surface area contributed by atoms with E-state index in [-0.39, 0.29) is 5.91 Å². The van der Waals surface area contributed by atoms with Gasteiger partial charge in [-0.25, -0.2) is 0 Å². The maximum Gasteiger partial charge on any atom is 0.220 e. The quantitative estimate of drug-likeness (QED) is 0.720. The third-order valence-corrected chi connectivity index (χ3v) is 3.99. The first-order valence-electron chi connectivity index (χ1n) is 6.79. The predicted octanol–water partition coefficient (Wildman–Crippen LogP) is 1.95. The molecule has 3 N–H and O–H groups in total. The van der Waals surface area contributed by atoms with Gasteiger partial charge in [-0.15, -0.1) is 0 Å². The van der Waals surface area contributed by atoms with Gasteiger partial charge in [0.25, 0.3) is 0 Å². The SMILES string of the molecule is NC1CC(NC(=O)CC2CCCCCC2)C1. The third kappa shape index (κ3) is 3.48. The Morgan fingerprint density at radius 2 is 1.75 bits per heavy atom. The van der Waals surface area contributed by atoms with Crippen molar-refractivity contribution in [2.24, 2.45) is 11.7 Å². The van der Waals surface area contributed by atoms with Gasteiger partial charge in [0.2, 0.25) is 5.91 Å². The first-order chi connectivity index (χ1) is 7.74. The van der Waals surface area contributed by atoms with E-state index in [9.17, 15) is 4.79 Å². The Morgan fingerprint density at radius 3 is 2.31 bits per heavy atom. The molecule has 2 rings (SSSR count). The lowest BCUT2D eigenvalue weighted by atomic mass is 9.87. The van der Waals surface area contributed by atoms with Crippen molar-refractivity contribution in [1.29, 1.82) is 0 Å². The maximum atomic E-state index is 11.8. The van der Waals surface area contributed by atoms with Gasteiger partial charge in [0.05, 0.1) is 0 Å². The van der Waals surface area contributed by atoms with Gasteiger partial charge in [0.15, 0.2) is 0 Å². The summed E-state index contributed by atoms with van der Waals surface area (Å²) in [5.74, 6) is 0.889. The van der Waals surface area contributed by atoms with Crippen LogP contribution in [0.2, 0.25) is 0 Å². The second-order valence-corrected chi connectivity index (χ2v) is 5.56. The zero-order valence-electron chi connectivity index (χ0n) is 10.1. The van der Waals surface area contributed by atoms with E-state index in [1.54, 1.807) is 0 Å². The van der Waals surface area contributed by atoms with Crippen LogP contribution < -0.4 is 11.1 Å². The molecule has 3 nitrogen and oxygen atoms in total. The van der Waals surface area contributed by atoms with Crippen molar-refractivity contribution in [3.8, 4) is 0 Å². The van der Waals surface area contributed by atoms with Crippen LogP contribution in [0, 0.1) is 5.92 Å².